The number of aryl methyl sites for hydroxylation is 2. The number of rotatable bonds is 4. The van der Waals surface area contributed by atoms with E-state index in [1.807, 2.05) is 26.0 Å². The predicted molar refractivity (Wildman–Crippen MR) is 85.8 cm³/mol. The summed E-state index contributed by atoms with van der Waals surface area (Å²) < 4.78 is 5.32. The zero-order valence-corrected chi connectivity index (χ0v) is 13.6. The Morgan fingerprint density at radius 2 is 1.86 bits per heavy atom. The van der Waals surface area contributed by atoms with Crippen LogP contribution >= 0.6 is 0 Å². The van der Waals surface area contributed by atoms with E-state index in [0.717, 1.165) is 36.8 Å². The van der Waals surface area contributed by atoms with Crippen LogP contribution in [0.5, 0.6) is 0 Å². The van der Waals surface area contributed by atoms with Crippen molar-refractivity contribution < 1.29 is 14.3 Å². The lowest BCUT2D eigenvalue weighted by Gasteiger charge is -2.24. The predicted octanol–water partition coefficient (Wildman–Crippen LogP) is 3.30. The molecular weight excluding hydrogens is 278 g/mol. The van der Waals surface area contributed by atoms with Crippen LogP contribution in [0.25, 0.3) is 0 Å². The standard InChI is InChI=1S/C18H25NO3/c1-12-9-10-13(2)16(11-12)18(21)22-14(3)17(20)19-15-7-5-4-6-8-15/h9-11,14-15H,4-8H2,1-3H3,(H,19,20)/t14-/m1/s1. The number of hydrogen-bond acceptors (Lipinski definition) is 3. The third-order valence-electron chi connectivity index (χ3n) is 4.22. The molecule has 2 rings (SSSR count). The van der Waals surface area contributed by atoms with Crippen molar-refractivity contribution in [3.05, 3.63) is 34.9 Å². The lowest BCUT2D eigenvalue weighted by atomic mass is 9.95. The van der Waals surface area contributed by atoms with Crippen LogP contribution in [0.3, 0.4) is 0 Å². The average molecular weight is 303 g/mol. The van der Waals surface area contributed by atoms with Crippen LogP contribution in [0, 0.1) is 13.8 Å². The number of esters is 1. The Hall–Kier alpha value is -1.84. The number of hydrogen-bond donors (Lipinski definition) is 1. The van der Waals surface area contributed by atoms with Gasteiger partial charge in [-0.05, 0) is 45.2 Å². The molecule has 4 nitrogen and oxygen atoms in total. The molecule has 0 aromatic heterocycles. The highest BCUT2D eigenvalue weighted by atomic mass is 16.5. The Morgan fingerprint density at radius 3 is 2.55 bits per heavy atom. The minimum Gasteiger partial charge on any atom is -0.449 e. The van der Waals surface area contributed by atoms with Gasteiger partial charge in [0, 0.05) is 6.04 Å². The minimum absolute atomic E-state index is 0.203. The molecule has 0 unspecified atom stereocenters. The van der Waals surface area contributed by atoms with E-state index in [1.54, 1.807) is 13.0 Å². The maximum absolute atomic E-state index is 12.2. The lowest BCUT2D eigenvalue weighted by molar-refractivity contribution is -0.130. The van der Waals surface area contributed by atoms with E-state index >= 15 is 0 Å². The van der Waals surface area contributed by atoms with Gasteiger partial charge in [-0.15, -0.1) is 0 Å². The van der Waals surface area contributed by atoms with Gasteiger partial charge in [-0.3, -0.25) is 4.79 Å². The van der Waals surface area contributed by atoms with E-state index in [0.29, 0.717) is 5.56 Å². The molecule has 0 saturated heterocycles. The zero-order valence-electron chi connectivity index (χ0n) is 13.6. The number of ether oxygens (including phenoxy) is 1. The highest BCUT2D eigenvalue weighted by molar-refractivity contribution is 5.93. The van der Waals surface area contributed by atoms with Gasteiger partial charge < -0.3 is 10.1 Å². The van der Waals surface area contributed by atoms with Crippen molar-refractivity contribution >= 4 is 11.9 Å². The monoisotopic (exact) mass is 303 g/mol. The van der Waals surface area contributed by atoms with Crippen LogP contribution in [0.15, 0.2) is 18.2 Å². The first-order chi connectivity index (χ1) is 10.5. The fourth-order valence-electron chi connectivity index (χ4n) is 2.80. The second-order valence-corrected chi connectivity index (χ2v) is 6.21. The van der Waals surface area contributed by atoms with Crippen molar-refractivity contribution in [2.24, 2.45) is 0 Å². The van der Waals surface area contributed by atoms with Gasteiger partial charge in [-0.25, -0.2) is 4.79 Å². The van der Waals surface area contributed by atoms with E-state index < -0.39 is 12.1 Å². The zero-order chi connectivity index (χ0) is 16.1. The Balaban J connectivity index is 1.92. The second-order valence-electron chi connectivity index (χ2n) is 6.21. The van der Waals surface area contributed by atoms with E-state index in [9.17, 15) is 9.59 Å². The summed E-state index contributed by atoms with van der Waals surface area (Å²) >= 11 is 0. The minimum atomic E-state index is -0.769. The molecule has 0 bridgehead atoms. The van der Waals surface area contributed by atoms with Crippen molar-refractivity contribution in [2.75, 3.05) is 0 Å². The number of amides is 1. The number of carbonyl (C=O) groups excluding carboxylic acids is 2. The molecular formula is C18H25NO3. The van der Waals surface area contributed by atoms with Gasteiger partial charge in [-0.1, -0.05) is 37.0 Å². The van der Waals surface area contributed by atoms with Crippen LogP contribution in [-0.2, 0) is 9.53 Å². The molecule has 1 aliphatic rings. The van der Waals surface area contributed by atoms with Gasteiger partial charge >= 0.3 is 5.97 Å². The second kappa shape index (κ2) is 7.43. The molecule has 1 atom stereocenters. The maximum Gasteiger partial charge on any atom is 0.339 e. The molecule has 0 radical (unpaired) electrons. The summed E-state index contributed by atoms with van der Waals surface area (Å²) in [5.74, 6) is -0.641. The molecule has 1 N–H and O–H groups in total. The average Bonchev–Trinajstić information content (AvgIpc) is 2.50. The van der Waals surface area contributed by atoms with E-state index in [1.165, 1.54) is 6.42 Å². The molecule has 1 amide bonds. The van der Waals surface area contributed by atoms with Gasteiger partial charge in [0.05, 0.1) is 5.56 Å². The van der Waals surface area contributed by atoms with Gasteiger partial charge in [0.15, 0.2) is 6.10 Å². The summed E-state index contributed by atoms with van der Waals surface area (Å²) in [6, 6.07) is 5.86. The molecule has 1 aromatic carbocycles. The first kappa shape index (κ1) is 16.5. The molecule has 0 aliphatic heterocycles. The normalized spacial score (nSPS) is 16.9. The number of carbonyl (C=O) groups is 2. The van der Waals surface area contributed by atoms with Crippen molar-refractivity contribution in [1.82, 2.24) is 5.32 Å². The molecule has 22 heavy (non-hydrogen) atoms. The Labute approximate surface area is 132 Å². The van der Waals surface area contributed by atoms with Crippen molar-refractivity contribution in [3.63, 3.8) is 0 Å². The molecule has 120 valence electrons. The van der Waals surface area contributed by atoms with Crippen molar-refractivity contribution in [1.29, 1.82) is 0 Å². The smallest absolute Gasteiger partial charge is 0.339 e. The third kappa shape index (κ3) is 4.33. The number of nitrogens with one attached hydrogen (secondary N) is 1. The molecule has 4 heteroatoms. The Kier molecular flexibility index (Phi) is 5.58. The van der Waals surface area contributed by atoms with Crippen molar-refractivity contribution in [3.8, 4) is 0 Å². The summed E-state index contributed by atoms with van der Waals surface area (Å²) in [5.41, 5.74) is 2.38. The van der Waals surface area contributed by atoms with E-state index in [4.69, 9.17) is 4.74 Å². The van der Waals surface area contributed by atoms with Gasteiger partial charge in [0.2, 0.25) is 0 Å². The SMILES string of the molecule is Cc1ccc(C)c(C(=O)O[C@H](C)C(=O)NC2CCCCC2)c1. The fraction of sp³-hybridized carbons (Fsp3) is 0.556. The molecule has 1 aliphatic carbocycles. The summed E-state index contributed by atoms with van der Waals surface area (Å²) in [6.07, 6.45) is 4.81. The Morgan fingerprint density at radius 1 is 1.18 bits per heavy atom. The largest absolute Gasteiger partial charge is 0.449 e. The van der Waals surface area contributed by atoms with E-state index in [2.05, 4.69) is 5.32 Å². The number of benzene rings is 1. The van der Waals surface area contributed by atoms with Crippen molar-refractivity contribution in [2.45, 2.75) is 65.0 Å². The van der Waals surface area contributed by atoms with Gasteiger partial charge in [0.1, 0.15) is 0 Å². The van der Waals surface area contributed by atoms with Crippen LogP contribution in [0.1, 0.15) is 60.5 Å². The van der Waals surface area contributed by atoms with Crippen LogP contribution in [0.4, 0.5) is 0 Å². The summed E-state index contributed by atoms with van der Waals surface area (Å²) in [6.45, 7) is 5.42. The molecule has 1 fully saturated rings. The molecule has 1 aromatic rings. The van der Waals surface area contributed by atoms with Gasteiger partial charge in [0.25, 0.3) is 5.91 Å². The first-order valence-electron chi connectivity index (χ1n) is 8.06. The highest BCUT2D eigenvalue weighted by Crippen LogP contribution is 2.18. The topological polar surface area (TPSA) is 55.4 Å². The maximum atomic E-state index is 12.2. The quantitative estimate of drug-likeness (QED) is 0.868. The van der Waals surface area contributed by atoms with Crippen LogP contribution in [-0.4, -0.2) is 24.0 Å². The summed E-state index contributed by atoms with van der Waals surface area (Å²) in [7, 11) is 0. The Bertz CT molecular complexity index is 547. The van der Waals surface area contributed by atoms with Crippen LogP contribution < -0.4 is 5.32 Å². The fourth-order valence-corrected chi connectivity index (χ4v) is 2.80. The third-order valence-corrected chi connectivity index (χ3v) is 4.22. The summed E-state index contributed by atoms with van der Waals surface area (Å²) in [5, 5.41) is 2.99. The molecule has 1 saturated carbocycles. The van der Waals surface area contributed by atoms with E-state index in [-0.39, 0.29) is 11.9 Å². The first-order valence-corrected chi connectivity index (χ1v) is 8.06. The highest BCUT2D eigenvalue weighted by Gasteiger charge is 2.23. The van der Waals surface area contributed by atoms with Gasteiger partial charge in [-0.2, -0.15) is 0 Å². The summed E-state index contributed by atoms with van der Waals surface area (Å²) in [4.78, 5) is 24.4. The molecule has 0 spiro atoms. The van der Waals surface area contributed by atoms with Crippen LogP contribution in [0.2, 0.25) is 0 Å². The molecule has 0 heterocycles. The lowest BCUT2D eigenvalue weighted by Crippen LogP contribution is -2.42.